The van der Waals surface area contributed by atoms with Gasteiger partial charge < -0.3 is 0 Å². The second kappa shape index (κ2) is 2.82. The molecule has 10 heavy (non-hydrogen) atoms. The first-order chi connectivity index (χ1) is 4.52. The molecule has 0 atom stereocenters. The molecule has 0 aliphatic rings. The Morgan fingerprint density at radius 2 is 2.10 bits per heavy atom. The summed E-state index contributed by atoms with van der Waals surface area (Å²) >= 11 is -1.77. The Morgan fingerprint density at radius 1 is 1.50 bits per heavy atom. The third kappa shape index (κ3) is 1.73. The zero-order valence-corrected chi connectivity index (χ0v) is 10.7. The van der Waals surface area contributed by atoms with Gasteiger partial charge >= 0.3 is 67.6 Å². The fourth-order valence-electron chi connectivity index (χ4n) is 0.975. The van der Waals surface area contributed by atoms with Crippen molar-refractivity contribution in [3.63, 3.8) is 0 Å². The fraction of sp³-hybridized carbons (Fsp3) is 0.667. The summed E-state index contributed by atoms with van der Waals surface area (Å²) < 4.78 is 3.63. The van der Waals surface area contributed by atoms with Crippen LogP contribution in [0.15, 0.2) is 5.93 Å². The van der Waals surface area contributed by atoms with Gasteiger partial charge in [0.2, 0.25) is 0 Å². The third-order valence-electron chi connectivity index (χ3n) is 1.38. The molecule has 0 unspecified atom stereocenters. The topological polar surface area (TPSA) is 17.8 Å². The van der Waals surface area contributed by atoms with Gasteiger partial charge in [0.1, 0.15) is 0 Å². The first-order valence-electron chi connectivity index (χ1n) is 3.36. The van der Waals surface area contributed by atoms with E-state index in [4.69, 9.17) is 0 Å². The van der Waals surface area contributed by atoms with Crippen LogP contribution in [0.1, 0.15) is 0 Å². The van der Waals surface area contributed by atoms with Crippen LogP contribution in [0.3, 0.4) is 0 Å². The van der Waals surface area contributed by atoms with E-state index in [0.29, 0.717) is 0 Å². The molecule has 0 N–H and O–H groups in total. The van der Waals surface area contributed by atoms with Crippen molar-refractivity contribution in [2.24, 2.45) is 7.05 Å². The SMILES string of the molecule is Cn1ncp[c]1[Sn]([CH3])([CH3])[CH3]. The van der Waals surface area contributed by atoms with Crippen molar-refractivity contribution in [2.75, 3.05) is 0 Å². The van der Waals surface area contributed by atoms with Gasteiger partial charge in [-0.2, -0.15) is 0 Å². The Bertz CT molecular complexity index is 226. The molecule has 4 heteroatoms. The third-order valence-corrected chi connectivity index (χ3v) is 12.5. The zero-order chi connectivity index (χ0) is 7.78. The summed E-state index contributed by atoms with van der Waals surface area (Å²) in [6.07, 6.45) is 0. The molecule has 0 aliphatic carbocycles. The monoisotopic (exact) mass is 264 g/mol. The Hall–Kier alpha value is 0.439. The normalized spacial score (nSPS) is 12.8. The second-order valence-electron chi connectivity index (χ2n) is 3.46. The quantitative estimate of drug-likeness (QED) is 0.703. The molecule has 0 bridgehead atoms. The molecule has 1 aromatic heterocycles. The fourth-order valence-corrected chi connectivity index (χ4v) is 8.64. The van der Waals surface area contributed by atoms with Crippen molar-refractivity contribution in [3.05, 3.63) is 5.93 Å². The molecule has 0 saturated carbocycles. The number of aryl methyl sites for hydroxylation is 1. The number of rotatable bonds is 1. The molecule has 2 nitrogen and oxygen atoms in total. The van der Waals surface area contributed by atoms with Gasteiger partial charge in [-0.1, -0.05) is 0 Å². The average Bonchev–Trinajstić information content (AvgIpc) is 2.11. The summed E-state index contributed by atoms with van der Waals surface area (Å²) in [7, 11) is 3.39. The van der Waals surface area contributed by atoms with Crippen LogP contribution in [0.2, 0.25) is 14.8 Å². The predicted molar refractivity (Wildman–Crippen MR) is 48.7 cm³/mol. The Morgan fingerprint density at radius 3 is 2.30 bits per heavy atom. The first-order valence-corrected chi connectivity index (χ1v) is 14.3. The van der Waals surface area contributed by atoms with E-state index in [-0.39, 0.29) is 0 Å². The minimum atomic E-state index is -1.77. The van der Waals surface area contributed by atoms with Gasteiger partial charge in [0.05, 0.1) is 0 Å². The van der Waals surface area contributed by atoms with Gasteiger partial charge in [-0.15, -0.1) is 0 Å². The average molecular weight is 263 g/mol. The van der Waals surface area contributed by atoms with E-state index in [1.807, 2.05) is 13.0 Å². The number of hydrogen-bond donors (Lipinski definition) is 0. The number of nitrogens with zero attached hydrogens (tertiary/aromatic N) is 2. The van der Waals surface area contributed by atoms with Gasteiger partial charge in [-0.25, -0.2) is 0 Å². The standard InChI is InChI=1S/C3H4N2P.3CH3.Sn/c1-5-3-6-2-4-5;;;;/h2H,1H3;3*1H3;. The van der Waals surface area contributed by atoms with Gasteiger partial charge in [0, 0.05) is 0 Å². The first kappa shape index (κ1) is 8.53. The van der Waals surface area contributed by atoms with Gasteiger partial charge in [0.25, 0.3) is 0 Å². The van der Waals surface area contributed by atoms with E-state index in [0.717, 1.165) is 0 Å². The summed E-state index contributed by atoms with van der Waals surface area (Å²) in [6, 6.07) is 0. The van der Waals surface area contributed by atoms with Crippen LogP contribution in [0.5, 0.6) is 0 Å². The second-order valence-corrected chi connectivity index (χ2v) is 19.8. The summed E-state index contributed by atoms with van der Waals surface area (Å²) in [4.78, 5) is 7.26. The molecule has 0 aromatic carbocycles. The van der Waals surface area contributed by atoms with E-state index in [1.165, 1.54) is 8.19 Å². The van der Waals surface area contributed by atoms with E-state index in [9.17, 15) is 0 Å². The summed E-state index contributed by atoms with van der Waals surface area (Å²) in [5.74, 6) is 1.98. The van der Waals surface area contributed by atoms with Gasteiger partial charge in [0.15, 0.2) is 0 Å². The predicted octanol–water partition coefficient (Wildman–Crippen LogP) is 1.55. The molecule has 56 valence electrons. The van der Waals surface area contributed by atoms with Crippen molar-refractivity contribution in [2.45, 2.75) is 14.8 Å². The van der Waals surface area contributed by atoms with Crippen LogP contribution in [0.4, 0.5) is 0 Å². The van der Waals surface area contributed by atoms with Gasteiger partial charge in [-0.3, -0.25) is 0 Å². The Labute approximate surface area is 67.6 Å². The molecule has 1 heterocycles. The van der Waals surface area contributed by atoms with E-state index in [1.54, 1.807) is 3.44 Å². The van der Waals surface area contributed by atoms with Crippen molar-refractivity contribution in [1.82, 2.24) is 9.78 Å². The van der Waals surface area contributed by atoms with E-state index in [2.05, 4.69) is 24.6 Å². The molecule has 0 radical (unpaired) electrons. The summed E-state index contributed by atoms with van der Waals surface area (Å²) in [5.41, 5.74) is 0. The van der Waals surface area contributed by atoms with Crippen molar-refractivity contribution in [3.8, 4) is 0 Å². The maximum absolute atomic E-state index is 4.20. The molecule has 0 amide bonds. The molecule has 1 rings (SSSR count). The van der Waals surface area contributed by atoms with Crippen LogP contribution in [-0.4, -0.2) is 28.2 Å². The minimum absolute atomic E-state index is 1.34. The van der Waals surface area contributed by atoms with Crippen molar-refractivity contribution in [1.29, 1.82) is 0 Å². The molecule has 1 aromatic rings. The molecular weight excluding hydrogens is 250 g/mol. The summed E-state index contributed by atoms with van der Waals surface area (Å²) in [5, 5.41) is 4.20. The number of hydrogen-bond acceptors (Lipinski definition) is 1. The van der Waals surface area contributed by atoms with Crippen molar-refractivity contribution >= 4 is 30.0 Å². The Kier molecular flexibility index (Phi) is 2.41. The molecule has 0 saturated heterocycles. The van der Waals surface area contributed by atoms with E-state index < -0.39 is 18.4 Å². The van der Waals surface area contributed by atoms with Crippen LogP contribution < -0.4 is 3.44 Å². The number of aromatic nitrogens is 2. The molecule has 0 fully saturated rings. The van der Waals surface area contributed by atoms with Gasteiger partial charge in [-0.05, 0) is 0 Å². The molecule has 0 aliphatic heterocycles. The van der Waals surface area contributed by atoms with E-state index >= 15 is 0 Å². The Balaban J connectivity index is 3.05. The van der Waals surface area contributed by atoms with Crippen LogP contribution in [0.25, 0.3) is 0 Å². The van der Waals surface area contributed by atoms with Crippen LogP contribution in [-0.2, 0) is 7.05 Å². The van der Waals surface area contributed by atoms with Crippen LogP contribution >= 0.6 is 8.19 Å². The molecular formula is C6H13N2PSn. The zero-order valence-electron chi connectivity index (χ0n) is 6.92. The maximum atomic E-state index is 4.20. The molecule has 0 spiro atoms. The van der Waals surface area contributed by atoms with Crippen LogP contribution in [0, 0.1) is 0 Å². The summed E-state index contributed by atoms with van der Waals surface area (Å²) in [6.45, 7) is 0. The van der Waals surface area contributed by atoms with Crippen molar-refractivity contribution < 1.29 is 0 Å².